The smallest absolute Gasteiger partial charge is 0.288 e. The van der Waals surface area contributed by atoms with Crippen molar-refractivity contribution in [1.29, 1.82) is 0 Å². The first-order valence-corrected chi connectivity index (χ1v) is 7.40. The number of thioether (sulfide) groups is 1. The van der Waals surface area contributed by atoms with E-state index in [9.17, 15) is 4.79 Å². The minimum Gasteiger partial charge on any atom is -0.288 e. The van der Waals surface area contributed by atoms with Crippen molar-refractivity contribution < 1.29 is 4.79 Å². The maximum Gasteiger partial charge on any atom is 0.294 e. The summed E-state index contributed by atoms with van der Waals surface area (Å²) in [6.45, 7) is 0. The minimum atomic E-state index is -0.334. The van der Waals surface area contributed by atoms with Crippen LogP contribution >= 0.6 is 23.1 Å². The Bertz CT molecular complexity index is 513. The van der Waals surface area contributed by atoms with Crippen LogP contribution in [0.3, 0.4) is 0 Å². The predicted octanol–water partition coefficient (Wildman–Crippen LogP) is 2.18. The zero-order valence-corrected chi connectivity index (χ0v) is 11.3. The van der Waals surface area contributed by atoms with Crippen molar-refractivity contribution in [1.82, 2.24) is 10.4 Å². The Kier molecular flexibility index (Phi) is 4.74. The first-order chi connectivity index (χ1) is 8.79. The van der Waals surface area contributed by atoms with Crippen LogP contribution in [0.25, 0.3) is 0 Å². The minimum absolute atomic E-state index is 0.334. The molecule has 18 heavy (non-hydrogen) atoms. The normalized spacial score (nSPS) is 10.3. The van der Waals surface area contributed by atoms with Crippen LogP contribution in [-0.4, -0.2) is 10.9 Å². The van der Waals surface area contributed by atoms with Crippen LogP contribution < -0.4 is 11.3 Å². The molecule has 0 unspecified atom stereocenters. The van der Waals surface area contributed by atoms with E-state index in [1.54, 1.807) is 11.8 Å². The number of rotatable bonds is 5. The number of amides is 1. The fraction of sp³-hybridized carbons (Fsp3) is 0.167. The number of nitrogen functional groups attached to an aromatic ring is 1. The van der Waals surface area contributed by atoms with Crippen LogP contribution in [0.2, 0.25) is 0 Å². The summed E-state index contributed by atoms with van der Waals surface area (Å²) >= 11 is 3.09. The highest BCUT2D eigenvalue weighted by Crippen LogP contribution is 2.19. The van der Waals surface area contributed by atoms with Gasteiger partial charge in [-0.25, -0.2) is 10.8 Å². The van der Waals surface area contributed by atoms with Gasteiger partial charge in [0.25, 0.3) is 5.91 Å². The molecule has 2 aromatic rings. The number of thiazole rings is 1. The molecular weight excluding hydrogens is 266 g/mol. The summed E-state index contributed by atoms with van der Waals surface area (Å²) in [5.41, 5.74) is 4.28. The van der Waals surface area contributed by atoms with E-state index in [4.69, 9.17) is 5.84 Å². The molecule has 0 radical (unpaired) electrons. The number of nitrogens with zero attached hydrogens (tertiary/aromatic N) is 1. The van der Waals surface area contributed by atoms with E-state index in [0.29, 0.717) is 5.01 Å². The van der Waals surface area contributed by atoms with E-state index < -0.39 is 0 Å². The van der Waals surface area contributed by atoms with Crippen molar-refractivity contribution in [3.8, 4) is 0 Å². The molecule has 0 fully saturated rings. The molecule has 0 aliphatic carbocycles. The number of benzene rings is 1. The molecule has 0 saturated heterocycles. The lowest BCUT2D eigenvalue weighted by Crippen LogP contribution is -2.29. The van der Waals surface area contributed by atoms with Crippen LogP contribution in [0.5, 0.6) is 0 Å². The second-order valence-corrected chi connectivity index (χ2v) is 5.44. The van der Waals surface area contributed by atoms with Gasteiger partial charge in [-0.15, -0.1) is 11.3 Å². The van der Waals surface area contributed by atoms with Crippen LogP contribution in [0.15, 0.2) is 35.7 Å². The molecule has 0 atom stereocenters. The second kappa shape index (κ2) is 6.53. The lowest BCUT2D eigenvalue weighted by Gasteiger charge is -1.99. The SMILES string of the molecule is NNC(=O)c1nc(CSCc2ccccc2)cs1. The quantitative estimate of drug-likeness (QED) is 0.500. The topological polar surface area (TPSA) is 68.0 Å². The Hall–Kier alpha value is -1.37. The zero-order chi connectivity index (χ0) is 12.8. The molecule has 1 aromatic heterocycles. The average molecular weight is 279 g/mol. The Morgan fingerprint density at radius 3 is 2.83 bits per heavy atom. The molecule has 1 aromatic carbocycles. The molecule has 2 rings (SSSR count). The summed E-state index contributed by atoms with van der Waals surface area (Å²) in [4.78, 5) is 15.4. The molecule has 0 spiro atoms. The van der Waals surface area contributed by atoms with Crippen LogP contribution in [0, 0.1) is 0 Å². The van der Waals surface area contributed by atoms with Gasteiger partial charge in [0.05, 0.1) is 5.69 Å². The highest BCUT2D eigenvalue weighted by molar-refractivity contribution is 7.97. The van der Waals surface area contributed by atoms with Gasteiger partial charge in [-0.05, 0) is 5.56 Å². The third kappa shape index (κ3) is 3.56. The first-order valence-electron chi connectivity index (χ1n) is 5.36. The Balaban J connectivity index is 1.84. The number of carbonyl (C=O) groups is 1. The number of nitrogens with two attached hydrogens (primary N) is 1. The number of nitrogens with one attached hydrogen (secondary N) is 1. The molecule has 0 aliphatic heterocycles. The van der Waals surface area contributed by atoms with Gasteiger partial charge in [0.2, 0.25) is 0 Å². The van der Waals surface area contributed by atoms with Crippen molar-refractivity contribution in [3.05, 3.63) is 52.0 Å². The number of hydrazine groups is 1. The average Bonchev–Trinajstić information content (AvgIpc) is 2.88. The van der Waals surface area contributed by atoms with Crippen molar-refractivity contribution >= 4 is 29.0 Å². The molecule has 94 valence electrons. The van der Waals surface area contributed by atoms with E-state index in [2.05, 4.69) is 22.5 Å². The molecule has 4 nitrogen and oxygen atoms in total. The van der Waals surface area contributed by atoms with Crippen LogP contribution in [-0.2, 0) is 11.5 Å². The molecule has 1 amide bonds. The third-order valence-electron chi connectivity index (χ3n) is 2.24. The molecule has 0 aliphatic rings. The third-order valence-corrected chi connectivity index (χ3v) is 4.17. The molecule has 1 heterocycles. The van der Waals surface area contributed by atoms with Crippen molar-refractivity contribution in [2.45, 2.75) is 11.5 Å². The lowest BCUT2D eigenvalue weighted by molar-refractivity contribution is 0.0953. The maximum atomic E-state index is 11.2. The predicted molar refractivity (Wildman–Crippen MR) is 75.2 cm³/mol. The monoisotopic (exact) mass is 279 g/mol. The van der Waals surface area contributed by atoms with Gasteiger partial charge < -0.3 is 0 Å². The highest BCUT2D eigenvalue weighted by atomic mass is 32.2. The van der Waals surface area contributed by atoms with Gasteiger partial charge in [0.1, 0.15) is 0 Å². The molecule has 0 saturated carbocycles. The van der Waals surface area contributed by atoms with E-state index in [-0.39, 0.29) is 5.91 Å². The largest absolute Gasteiger partial charge is 0.294 e. The van der Waals surface area contributed by atoms with E-state index in [1.165, 1.54) is 16.9 Å². The fourth-order valence-corrected chi connectivity index (χ4v) is 3.10. The first kappa shape index (κ1) is 13.1. The summed E-state index contributed by atoms with van der Waals surface area (Å²) in [5, 5.41) is 2.30. The maximum absolute atomic E-state index is 11.2. The summed E-state index contributed by atoms with van der Waals surface area (Å²) in [7, 11) is 0. The van der Waals surface area contributed by atoms with Crippen molar-refractivity contribution in [3.63, 3.8) is 0 Å². The number of hydrogen-bond donors (Lipinski definition) is 2. The van der Waals surface area contributed by atoms with E-state index in [0.717, 1.165) is 17.2 Å². The second-order valence-electron chi connectivity index (χ2n) is 3.60. The van der Waals surface area contributed by atoms with Gasteiger partial charge in [-0.1, -0.05) is 30.3 Å². The Labute approximate surface area is 114 Å². The molecular formula is C12H13N3OS2. The Morgan fingerprint density at radius 1 is 1.33 bits per heavy atom. The van der Waals surface area contributed by atoms with Gasteiger partial charge in [-0.3, -0.25) is 10.2 Å². The molecule has 6 heteroatoms. The summed E-state index contributed by atoms with van der Waals surface area (Å²) in [5.74, 6) is 6.45. The summed E-state index contributed by atoms with van der Waals surface area (Å²) in [6.07, 6.45) is 0. The fourth-order valence-electron chi connectivity index (χ4n) is 1.39. The van der Waals surface area contributed by atoms with Gasteiger partial charge in [0.15, 0.2) is 5.01 Å². The number of hydrogen-bond acceptors (Lipinski definition) is 5. The van der Waals surface area contributed by atoms with Gasteiger partial charge >= 0.3 is 0 Å². The van der Waals surface area contributed by atoms with Crippen LogP contribution in [0.4, 0.5) is 0 Å². The van der Waals surface area contributed by atoms with E-state index in [1.807, 2.05) is 23.6 Å². The highest BCUT2D eigenvalue weighted by Gasteiger charge is 2.09. The van der Waals surface area contributed by atoms with Crippen molar-refractivity contribution in [2.75, 3.05) is 0 Å². The standard InChI is InChI=1S/C12H13N3OS2/c13-15-11(16)12-14-10(8-18-12)7-17-6-9-4-2-1-3-5-9/h1-5,8H,6-7,13H2,(H,15,16). The van der Waals surface area contributed by atoms with E-state index >= 15 is 0 Å². The van der Waals surface area contributed by atoms with Gasteiger partial charge in [-0.2, -0.15) is 11.8 Å². The zero-order valence-electron chi connectivity index (χ0n) is 9.63. The summed E-state index contributed by atoms with van der Waals surface area (Å²) < 4.78 is 0. The molecule has 3 N–H and O–H groups in total. The molecule has 0 bridgehead atoms. The summed E-state index contributed by atoms with van der Waals surface area (Å²) in [6, 6.07) is 10.3. The van der Waals surface area contributed by atoms with Gasteiger partial charge in [0, 0.05) is 16.9 Å². The Morgan fingerprint density at radius 2 is 2.11 bits per heavy atom. The van der Waals surface area contributed by atoms with Crippen LogP contribution in [0.1, 0.15) is 21.1 Å². The number of aromatic nitrogens is 1. The number of carbonyl (C=O) groups excluding carboxylic acids is 1. The van der Waals surface area contributed by atoms with Crippen molar-refractivity contribution in [2.24, 2.45) is 5.84 Å². The lowest BCUT2D eigenvalue weighted by atomic mass is 10.2.